The minimum atomic E-state index is -4.49. The SMILES string of the molecule is [N-]=[N+]=[N][Ge]([N]=[N+]=[N-])([N]=[N+]=[N-])[N]=[N+]=[N-]. The molecule has 0 N–H and O–H groups in total. The molecule has 0 aromatic heterocycles. The first-order valence-electron chi connectivity index (χ1n) is 2.49. The van der Waals surface area contributed by atoms with Crippen LogP contribution in [0.1, 0.15) is 0 Å². The van der Waals surface area contributed by atoms with Crippen LogP contribution in [0.3, 0.4) is 0 Å². The third kappa shape index (κ3) is 3.12. The Bertz CT molecular complexity index is 284. The molecule has 0 aliphatic carbocycles. The Kier molecular flexibility index (Phi) is 4.51. The molecule has 0 amide bonds. The number of nitrogens with zero attached hydrogens (tertiary/aromatic N) is 12. The van der Waals surface area contributed by atoms with Crippen LogP contribution in [0.5, 0.6) is 0 Å². The first kappa shape index (κ1) is 10.8. The van der Waals surface area contributed by atoms with E-state index in [1.807, 2.05) is 0 Å². The molecular weight excluding hydrogens is 241 g/mol. The third-order valence-corrected chi connectivity index (χ3v) is 3.72. The van der Waals surface area contributed by atoms with E-state index in [9.17, 15) is 0 Å². The summed E-state index contributed by atoms with van der Waals surface area (Å²) < 4.78 is 11.7. The fraction of sp³-hybridized carbons (Fsp3) is 0. The molecule has 0 saturated heterocycles. The Morgan fingerprint density at radius 3 is 1.00 bits per heavy atom. The summed E-state index contributed by atoms with van der Waals surface area (Å²) in [6.45, 7) is 0. The molecule has 64 valence electrons. The predicted octanol–water partition coefficient (Wildman–Crippen LogP) is 2.66. The summed E-state index contributed by atoms with van der Waals surface area (Å²) in [5.74, 6) is 0. The molecule has 0 aromatic carbocycles. The van der Waals surface area contributed by atoms with Gasteiger partial charge in [0.2, 0.25) is 0 Å². The number of azide groups is 1. The summed E-state index contributed by atoms with van der Waals surface area (Å²) in [5, 5.41) is 0. The quantitative estimate of drug-likeness (QED) is 0.302. The number of rotatable bonds is 4. The van der Waals surface area contributed by atoms with Crippen LogP contribution in [0.25, 0.3) is 41.8 Å². The molecule has 0 bridgehead atoms. The zero-order valence-corrected chi connectivity index (χ0v) is 7.96. The van der Waals surface area contributed by atoms with Gasteiger partial charge in [-0.3, -0.25) is 0 Å². The second-order valence-corrected chi connectivity index (χ2v) is 5.55. The third-order valence-electron chi connectivity index (χ3n) is 0.716. The van der Waals surface area contributed by atoms with Crippen LogP contribution in [0.4, 0.5) is 0 Å². The maximum atomic E-state index is 8.04. The van der Waals surface area contributed by atoms with E-state index >= 15 is 0 Å². The Morgan fingerprint density at radius 1 is 0.615 bits per heavy atom. The van der Waals surface area contributed by atoms with Gasteiger partial charge in [-0.15, -0.1) is 0 Å². The topological polar surface area (TPSA) is 195 Å². The van der Waals surface area contributed by atoms with Gasteiger partial charge in [-0.1, -0.05) is 0 Å². The zero-order valence-electron chi connectivity index (χ0n) is 5.87. The Hall–Kier alpha value is -2.22. The van der Waals surface area contributed by atoms with E-state index in [1.54, 1.807) is 0 Å². The standard InChI is InChI=1S/GeN12/c2-10-6-1(7-11-3,8-12-4)9-13-5. The van der Waals surface area contributed by atoms with Crippen LogP contribution in [-0.2, 0) is 0 Å². The van der Waals surface area contributed by atoms with E-state index < -0.39 is 14.2 Å². The van der Waals surface area contributed by atoms with Gasteiger partial charge in [0.1, 0.15) is 0 Å². The summed E-state index contributed by atoms with van der Waals surface area (Å²) >= 11 is -4.49. The fourth-order valence-electron chi connectivity index (χ4n) is 0.360. The first-order chi connectivity index (χ1) is 6.24. The fourth-order valence-corrected chi connectivity index (χ4v) is 1.87. The van der Waals surface area contributed by atoms with Crippen molar-refractivity contribution in [2.45, 2.75) is 0 Å². The summed E-state index contributed by atoms with van der Waals surface area (Å²) in [5.41, 5.74) is 32.1. The second kappa shape index (κ2) is 5.44. The van der Waals surface area contributed by atoms with Crippen molar-refractivity contribution in [2.75, 3.05) is 0 Å². The van der Waals surface area contributed by atoms with Crippen LogP contribution in [-0.4, -0.2) is 14.2 Å². The normalized spacial score (nSPS) is 11.7. The monoisotopic (exact) mass is 242 g/mol. The number of hydrogen-bond donors (Lipinski definition) is 0. The van der Waals surface area contributed by atoms with Gasteiger partial charge in [-0.05, 0) is 0 Å². The summed E-state index contributed by atoms with van der Waals surface area (Å²) in [4.78, 5) is 9.11. The predicted molar refractivity (Wildman–Crippen MR) is 42.3 cm³/mol. The van der Waals surface area contributed by atoms with E-state index in [0.29, 0.717) is 0 Å². The molecule has 0 aliphatic heterocycles. The van der Waals surface area contributed by atoms with Gasteiger partial charge in [-0.2, -0.15) is 0 Å². The molecule has 12 nitrogen and oxygen atoms in total. The molecule has 0 saturated carbocycles. The van der Waals surface area contributed by atoms with Gasteiger partial charge in [0.15, 0.2) is 0 Å². The molecule has 0 aromatic rings. The minimum absolute atomic E-state index is 2.28. The van der Waals surface area contributed by atoms with Crippen molar-refractivity contribution >= 4 is 14.2 Å². The Labute approximate surface area is 72.9 Å². The molecule has 0 radical (unpaired) electrons. The van der Waals surface area contributed by atoms with Crippen molar-refractivity contribution in [3.8, 4) is 0 Å². The zero-order chi connectivity index (χ0) is 10.2. The average Bonchev–Trinajstić information content (AvgIpc) is 2.06. The van der Waals surface area contributed by atoms with E-state index in [2.05, 4.69) is 35.9 Å². The Morgan fingerprint density at radius 2 is 0.846 bits per heavy atom. The van der Waals surface area contributed by atoms with Crippen LogP contribution in [0, 0.1) is 0 Å². The van der Waals surface area contributed by atoms with Crippen molar-refractivity contribution in [3.63, 3.8) is 0 Å². The molecule has 0 spiro atoms. The molecule has 13 heteroatoms. The van der Waals surface area contributed by atoms with Crippen molar-refractivity contribution < 1.29 is 0 Å². The first-order valence-corrected chi connectivity index (χ1v) is 6.25. The van der Waals surface area contributed by atoms with Crippen molar-refractivity contribution in [1.29, 1.82) is 0 Å². The Balaban J connectivity index is 5.52. The van der Waals surface area contributed by atoms with Crippen LogP contribution < -0.4 is 0 Å². The van der Waals surface area contributed by atoms with Crippen LogP contribution in [0.15, 0.2) is 16.3 Å². The summed E-state index contributed by atoms with van der Waals surface area (Å²) in [7, 11) is 0. The van der Waals surface area contributed by atoms with E-state index in [-0.39, 0.29) is 0 Å². The van der Waals surface area contributed by atoms with E-state index in [0.717, 1.165) is 0 Å². The van der Waals surface area contributed by atoms with Gasteiger partial charge in [0.25, 0.3) is 0 Å². The van der Waals surface area contributed by atoms with Crippen LogP contribution >= 0.6 is 0 Å². The molecule has 13 heavy (non-hydrogen) atoms. The molecular formula is GeN12. The van der Waals surface area contributed by atoms with Gasteiger partial charge in [-0.25, -0.2) is 0 Å². The van der Waals surface area contributed by atoms with Gasteiger partial charge >= 0.3 is 72.2 Å². The molecule has 0 aliphatic rings. The molecule has 0 rings (SSSR count). The second-order valence-electron chi connectivity index (χ2n) is 1.36. The molecule has 0 fully saturated rings. The molecule has 0 unspecified atom stereocenters. The van der Waals surface area contributed by atoms with E-state index in [1.165, 1.54) is 0 Å². The summed E-state index contributed by atoms with van der Waals surface area (Å²) in [6.07, 6.45) is 0. The molecule has 0 heterocycles. The number of hydrogen-bond acceptors (Lipinski definition) is 4. The van der Waals surface area contributed by atoms with Crippen LogP contribution in [0.2, 0.25) is 0 Å². The maximum absolute atomic E-state index is 8.04. The van der Waals surface area contributed by atoms with Gasteiger partial charge in [0.05, 0.1) is 0 Å². The van der Waals surface area contributed by atoms with Gasteiger partial charge in [0, 0.05) is 0 Å². The summed E-state index contributed by atoms with van der Waals surface area (Å²) in [6, 6.07) is 0. The van der Waals surface area contributed by atoms with Gasteiger partial charge < -0.3 is 0 Å². The van der Waals surface area contributed by atoms with E-state index in [4.69, 9.17) is 22.1 Å². The average molecular weight is 241 g/mol. The van der Waals surface area contributed by atoms with Crippen molar-refractivity contribution in [3.05, 3.63) is 41.8 Å². The van der Waals surface area contributed by atoms with Crippen molar-refractivity contribution in [1.82, 2.24) is 0 Å². The van der Waals surface area contributed by atoms with Crippen molar-refractivity contribution in [2.24, 2.45) is 16.3 Å². The molecule has 0 atom stereocenters.